The number of H-pyrrole nitrogens is 1. The van der Waals surface area contributed by atoms with Crippen LogP contribution in [0.5, 0.6) is 0 Å². The summed E-state index contributed by atoms with van der Waals surface area (Å²) in [5.74, 6) is 6.59. The van der Waals surface area contributed by atoms with Crippen molar-refractivity contribution in [2.24, 2.45) is 21.9 Å². The van der Waals surface area contributed by atoms with E-state index in [0.29, 0.717) is 18.0 Å². The van der Waals surface area contributed by atoms with Crippen LogP contribution in [0.15, 0.2) is 34.5 Å². The number of hydrazone groups is 1. The fraction of sp³-hybridized carbons (Fsp3) is 0.235. The van der Waals surface area contributed by atoms with Gasteiger partial charge in [0, 0.05) is 17.5 Å². The topological polar surface area (TPSA) is 116 Å². The number of rotatable bonds is 4. The Labute approximate surface area is 137 Å². The number of hydrogen-bond acceptors (Lipinski definition) is 6. The minimum Gasteiger partial charge on any atom is -0.339 e. The molecule has 0 atom stereocenters. The van der Waals surface area contributed by atoms with E-state index in [2.05, 4.69) is 31.1 Å². The monoisotopic (exact) mass is 317 g/mol. The van der Waals surface area contributed by atoms with Gasteiger partial charge in [0.25, 0.3) is 0 Å². The molecule has 1 aliphatic carbocycles. The maximum absolute atomic E-state index is 9.08. The van der Waals surface area contributed by atoms with E-state index in [0.717, 1.165) is 46.3 Å². The number of nitrogens with two attached hydrogens (primary N) is 1. The second-order valence-corrected chi connectivity index (χ2v) is 5.85. The number of benzene rings is 1. The van der Waals surface area contributed by atoms with E-state index < -0.39 is 0 Å². The van der Waals surface area contributed by atoms with Gasteiger partial charge in [0.15, 0.2) is 0 Å². The summed E-state index contributed by atoms with van der Waals surface area (Å²) in [5.41, 5.74) is 3.88. The maximum Gasteiger partial charge on any atom is 0.129 e. The first kappa shape index (κ1) is 14.3. The highest BCUT2D eigenvalue weighted by Crippen LogP contribution is 2.29. The minimum atomic E-state index is 0.417. The van der Waals surface area contributed by atoms with Gasteiger partial charge in [-0.3, -0.25) is 9.98 Å². The molecule has 1 saturated carbocycles. The molecule has 1 aromatic carbocycles. The molecule has 0 amide bonds. The van der Waals surface area contributed by atoms with E-state index in [1.165, 1.54) is 0 Å². The molecular weight excluding hydrogens is 302 g/mol. The van der Waals surface area contributed by atoms with Crippen molar-refractivity contribution in [1.29, 1.82) is 5.26 Å². The van der Waals surface area contributed by atoms with Gasteiger partial charge in [0.1, 0.15) is 5.82 Å². The largest absolute Gasteiger partial charge is 0.339 e. The number of nitrogens with one attached hydrogen (secondary N) is 1. The van der Waals surface area contributed by atoms with Gasteiger partial charge in [-0.15, -0.1) is 0 Å². The van der Waals surface area contributed by atoms with Crippen LogP contribution < -0.4 is 5.84 Å². The fourth-order valence-corrected chi connectivity index (χ4v) is 2.70. The van der Waals surface area contributed by atoms with Crippen LogP contribution in [0.2, 0.25) is 0 Å². The van der Waals surface area contributed by atoms with Crippen LogP contribution in [-0.2, 0) is 6.54 Å². The summed E-state index contributed by atoms with van der Waals surface area (Å²) in [6.07, 6.45) is 5.74. The molecule has 0 radical (unpaired) electrons. The lowest BCUT2D eigenvalue weighted by molar-refractivity contribution is 0.963. The van der Waals surface area contributed by atoms with Crippen molar-refractivity contribution < 1.29 is 0 Å². The number of imidazole rings is 1. The van der Waals surface area contributed by atoms with Crippen LogP contribution in [0.3, 0.4) is 0 Å². The molecule has 118 valence electrons. The quantitative estimate of drug-likeness (QED) is 0.436. The Hall–Kier alpha value is -3.27. The number of aromatic amines is 1. The van der Waals surface area contributed by atoms with E-state index in [9.17, 15) is 0 Å². The minimum absolute atomic E-state index is 0.417. The number of hydrogen-bond donors (Lipinski definition) is 2. The average molecular weight is 317 g/mol. The second kappa shape index (κ2) is 5.74. The highest BCUT2D eigenvalue weighted by atomic mass is 15.1. The third kappa shape index (κ3) is 2.58. The summed E-state index contributed by atoms with van der Waals surface area (Å²) in [6.45, 7) is 0.417. The van der Waals surface area contributed by atoms with Crippen molar-refractivity contribution in [3.63, 3.8) is 0 Å². The van der Waals surface area contributed by atoms with E-state index >= 15 is 0 Å². The molecule has 2 aromatic heterocycles. The van der Waals surface area contributed by atoms with Gasteiger partial charge in [-0.25, -0.2) is 4.98 Å². The molecule has 4 rings (SSSR count). The molecule has 3 N–H and O–H groups in total. The van der Waals surface area contributed by atoms with Crippen molar-refractivity contribution in [1.82, 2.24) is 15.0 Å². The van der Waals surface area contributed by atoms with Gasteiger partial charge < -0.3 is 10.8 Å². The van der Waals surface area contributed by atoms with E-state index in [-0.39, 0.29) is 0 Å². The van der Waals surface area contributed by atoms with Crippen LogP contribution in [0, 0.1) is 17.2 Å². The molecule has 7 heteroatoms. The fourth-order valence-electron chi connectivity index (χ4n) is 2.70. The van der Waals surface area contributed by atoms with Crippen molar-refractivity contribution in [2.75, 3.05) is 0 Å². The van der Waals surface area contributed by atoms with Crippen molar-refractivity contribution in [3.8, 4) is 6.07 Å². The van der Waals surface area contributed by atoms with Crippen molar-refractivity contribution >= 4 is 33.9 Å². The molecular formula is C17H15N7. The first-order valence-corrected chi connectivity index (χ1v) is 7.73. The van der Waals surface area contributed by atoms with Gasteiger partial charge in [-0.2, -0.15) is 10.4 Å². The number of nitriles is 1. The molecule has 2 heterocycles. The van der Waals surface area contributed by atoms with Crippen LogP contribution in [0.25, 0.3) is 21.9 Å². The number of nitrogens with zero attached hydrogens (tertiary/aromatic N) is 5. The van der Waals surface area contributed by atoms with Crippen LogP contribution in [0.1, 0.15) is 24.2 Å². The first-order chi connectivity index (χ1) is 11.8. The van der Waals surface area contributed by atoms with Gasteiger partial charge in [0.2, 0.25) is 0 Å². The summed E-state index contributed by atoms with van der Waals surface area (Å²) in [7, 11) is 0. The molecule has 0 saturated heterocycles. The molecule has 1 fully saturated rings. The Kier molecular flexibility index (Phi) is 3.43. The maximum atomic E-state index is 9.08. The predicted molar refractivity (Wildman–Crippen MR) is 92.7 cm³/mol. The molecule has 0 bridgehead atoms. The first-order valence-electron chi connectivity index (χ1n) is 7.73. The van der Waals surface area contributed by atoms with Gasteiger partial charge in [-0.1, -0.05) is 0 Å². The number of pyridine rings is 1. The van der Waals surface area contributed by atoms with Crippen molar-refractivity contribution in [3.05, 3.63) is 35.8 Å². The zero-order chi connectivity index (χ0) is 16.5. The Morgan fingerprint density at radius 1 is 1.46 bits per heavy atom. The normalized spacial score (nSPS) is 15.4. The van der Waals surface area contributed by atoms with Gasteiger partial charge >= 0.3 is 0 Å². The SMILES string of the molecule is N#Cc1ccc2ncc3[nH]c(CN=CC(=NN)C4CC4)nc3c2c1. The van der Waals surface area contributed by atoms with Gasteiger partial charge in [0.05, 0.1) is 46.6 Å². The summed E-state index contributed by atoms with van der Waals surface area (Å²) in [4.78, 5) is 16.6. The highest BCUT2D eigenvalue weighted by Gasteiger charge is 2.26. The van der Waals surface area contributed by atoms with Crippen LogP contribution >= 0.6 is 0 Å². The smallest absolute Gasteiger partial charge is 0.129 e. The lowest BCUT2D eigenvalue weighted by Gasteiger charge is -1.97. The third-order valence-electron chi connectivity index (χ3n) is 4.10. The van der Waals surface area contributed by atoms with Crippen LogP contribution in [0.4, 0.5) is 0 Å². The summed E-state index contributed by atoms with van der Waals surface area (Å²) >= 11 is 0. The summed E-state index contributed by atoms with van der Waals surface area (Å²) in [5, 5.41) is 13.7. The van der Waals surface area contributed by atoms with Crippen molar-refractivity contribution in [2.45, 2.75) is 19.4 Å². The zero-order valence-corrected chi connectivity index (χ0v) is 12.9. The van der Waals surface area contributed by atoms with E-state index in [1.807, 2.05) is 12.1 Å². The average Bonchev–Trinajstić information content (AvgIpc) is 3.37. The lowest BCUT2D eigenvalue weighted by atomic mass is 10.1. The standard InChI is InChI=1S/C17H15N7/c18-6-10-1-4-13-12(5-10)17-15(8-21-13)22-16(23-17)9-20-7-14(24-19)11-2-3-11/h1,4-5,7-8,11H,2-3,9,19H2,(H,22,23). The molecule has 7 nitrogen and oxygen atoms in total. The molecule has 0 aliphatic heterocycles. The van der Waals surface area contributed by atoms with E-state index in [1.54, 1.807) is 18.5 Å². The Balaban J connectivity index is 1.66. The number of fused-ring (bicyclic) bond motifs is 3. The van der Waals surface area contributed by atoms with Gasteiger partial charge in [-0.05, 0) is 31.0 Å². The molecule has 1 aliphatic rings. The Bertz CT molecular complexity index is 1020. The number of aromatic nitrogens is 3. The zero-order valence-electron chi connectivity index (χ0n) is 12.9. The van der Waals surface area contributed by atoms with Crippen LogP contribution in [-0.4, -0.2) is 26.9 Å². The third-order valence-corrected chi connectivity index (χ3v) is 4.10. The summed E-state index contributed by atoms with van der Waals surface area (Å²) in [6, 6.07) is 7.54. The highest BCUT2D eigenvalue weighted by molar-refractivity contribution is 6.32. The summed E-state index contributed by atoms with van der Waals surface area (Å²) < 4.78 is 0. The Morgan fingerprint density at radius 2 is 2.33 bits per heavy atom. The number of aliphatic imine (C=N–C) groups is 1. The Morgan fingerprint density at radius 3 is 3.08 bits per heavy atom. The molecule has 0 unspecified atom stereocenters. The predicted octanol–water partition coefficient (Wildman–Crippen LogP) is 2.28. The molecule has 0 spiro atoms. The molecule has 3 aromatic rings. The molecule has 24 heavy (non-hydrogen) atoms. The lowest BCUT2D eigenvalue weighted by Crippen LogP contribution is -2.06. The van der Waals surface area contributed by atoms with E-state index in [4.69, 9.17) is 11.1 Å². The second-order valence-electron chi connectivity index (χ2n) is 5.85.